The monoisotopic (exact) mass is 283 g/mol. The summed E-state index contributed by atoms with van der Waals surface area (Å²) in [7, 11) is -1.65. The summed E-state index contributed by atoms with van der Waals surface area (Å²) in [5.74, 6) is 0.671. The van der Waals surface area contributed by atoms with Gasteiger partial charge in [-0.2, -0.15) is 4.31 Å². The van der Waals surface area contributed by atoms with E-state index in [0.717, 1.165) is 25.7 Å². The second-order valence-corrected chi connectivity index (χ2v) is 6.69. The molecule has 0 saturated carbocycles. The minimum atomic E-state index is -3.41. The first kappa shape index (κ1) is 14.3. The predicted molar refractivity (Wildman–Crippen MR) is 75.6 cm³/mol. The van der Waals surface area contributed by atoms with E-state index in [1.54, 1.807) is 23.5 Å². The van der Waals surface area contributed by atoms with Gasteiger partial charge in [-0.05, 0) is 31.4 Å². The van der Waals surface area contributed by atoms with Crippen LogP contribution in [0.2, 0.25) is 0 Å². The van der Waals surface area contributed by atoms with Crippen molar-refractivity contribution in [3.63, 3.8) is 0 Å². The lowest BCUT2D eigenvalue weighted by Gasteiger charge is -2.34. The van der Waals surface area contributed by atoms with Gasteiger partial charge in [0.1, 0.15) is 10.7 Å². The van der Waals surface area contributed by atoms with E-state index in [1.807, 2.05) is 6.92 Å². The summed E-state index contributed by atoms with van der Waals surface area (Å²) in [6.07, 6.45) is 5.31. The van der Waals surface area contributed by atoms with Crippen LogP contribution in [0.3, 0.4) is 0 Å². The second kappa shape index (κ2) is 5.88. The van der Waals surface area contributed by atoms with Crippen molar-refractivity contribution >= 4 is 15.8 Å². The number of piperidine rings is 1. The molecule has 0 amide bonds. The van der Waals surface area contributed by atoms with Crippen molar-refractivity contribution < 1.29 is 8.42 Å². The van der Waals surface area contributed by atoms with Gasteiger partial charge in [-0.3, -0.25) is 0 Å². The number of pyridine rings is 1. The van der Waals surface area contributed by atoms with Gasteiger partial charge >= 0.3 is 0 Å². The van der Waals surface area contributed by atoms with Gasteiger partial charge in [0.05, 0.1) is 0 Å². The van der Waals surface area contributed by atoms with Crippen molar-refractivity contribution in [2.75, 3.05) is 18.9 Å². The van der Waals surface area contributed by atoms with Crippen LogP contribution in [0.1, 0.15) is 32.6 Å². The Morgan fingerprint density at radius 3 is 2.79 bits per heavy atom. The van der Waals surface area contributed by atoms with Gasteiger partial charge in [0.15, 0.2) is 0 Å². The van der Waals surface area contributed by atoms with Crippen LogP contribution in [0.25, 0.3) is 0 Å². The molecule has 1 saturated heterocycles. The largest absolute Gasteiger partial charge is 0.373 e. The molecule has 1 aliphatic heterocycles. The molecular formula is C13H21N3O2S. The number of hydrogen-bond donors (Lipinski definition) is 1. The maximum Gasteiger partial charge on any atom is 0.244 e. The van der Waals surface area contributed by atoms with Crippen molar-refractivity contribution in [2.24, 2.45) is 0 Å². The molecule has 5 nitrogen and oxygen atoms in total. The zero-order valence-electron chi connectivity index (χ0n) is 11.5. The molecule has 0 aromatic carbocycles. The molecular weight excluding hydrogens is 262 g/mol. The molecule has 106 valence electrons. The Kier molecular flexibility index (Phi) is 4.42. The van der Waals surface area contributed by atoms with Gasteiger partial charge in [0.25, 0.3) is 0 Å². The second-order valence-electron chi connectivity index (χ2n) is 4.80. The molecule has 0 aliphatic carbocycles. The third-order valence-corrected chi connectivity index (χ3v) is 5.58. The minimum absolute atomic E-state index is 0.128. The summed E-state index contributed by atoms with van der Waals surface area (Å²) in [5, 5.41) is 2.89. The number of hydrogen-bond acceptors (Lipinski definition) is 4. The highest BCUT2D eigenvalue weighted by atomic mass is 32.2. The normalized spacial score (nSPS) is 21.3. The fraction of sp³-hybridized carbons (Fsp3) is 0.615. The Balaban J connectivity index is 2.29. The molecule has 1 unspecified atom stereocenters. The Morgan fingerprint density at radius 2 is 2.21 bits per heavy atom. The first-order chi connectivity index (χ1) is 9.09. The number of nitrogens with zero attached hydrogens (tertiary/aromatic N) is 2. The molecule has 2 heterocycles. The SMILES string of the molecule is CCC1CCCCN1S(=O)(=O)c1ccc(NC)nc1. The summed E-state index contributed by atoms with van der Waals surface area (Å²) in [4.78, 5) is 4.38. The van der Waals surface area contributed by atoms with Gasteiger partial charge in [0, 0.05) is 25.8 Å². The average Bonchev–Trinajstić information content (AvgIpc) is 2.47. The van der Waals surface area contributed by atoms with Crippen LogP contribution in [0, 0.1) is 0 Å². The van der Waals surface area contributed by atoms with Crippen LogP contribution in [0.15, 0.2) is 23.2 Å². The van der Waals surface area contributed by atoms with Crippen LogP contribution in [0.4, 0.5) is 5.82 Å². The summed E-state index contributed by atoms with van der Waals surface area (Å²) < 4.78 is 26.9. The molecule has 1 aromatic heterocycles. The minimum Gasteiger partial charge on any atom is -0.373 e. The smallest absolute Gasteiger partial charge is 0.244 e. The van der Waals surface area contributed by atoms with Crippen molar-refractivity contribution in [1.82, 2.24) is 9.29 Å². The first-order valence-electron chi connectivity index (χ1n) is 6.75. The highest BCUT2D eigenvalue weighted by Crippen LogP contribution is 2.26. The van der Waals surface area contributed by atoms with E-state index in [0.29, 0.717) is 12.4 Å². The molecule has 2 rings (SSSR count). The molecule has 19 heavy (non-hydrogen) atoms. The van der Waals surface area contributed by atoms with E-state index in [1.165, 1.54) is 6.20 Å². The summed E-state index contributed by atoms with van der Waals surface area (Å²) >= 11 is 0. The maximum atomic E-state index is 12.6. The van der Waals surface area contributed by atoms with Crippen LogP contribution in [0.5, 0.6) is 0 Å². The Hall–Kier alpha value is -1.14. The van der Waals surface area contributed by atoms with Crippen LogP contribution < -0.4 is 5.32 Å². The molecule has 1 aliphatic rings. The van der Waals surface area contributed by atoms with Gasteiger partial charge in [-0.25, -0.2) is 13.4 Å². The fourth-order valence-electron chi connectivity index (χ4n) is 2.51. The quantitative estimate of drug-likeness (QED) is 0.919. The van der Waals surface area contributed by atoms with Crippen molar-refractivity contribution in [3.8, 4) is 0 Å². The third-order valence-electron chi connectivity index (χ3n) is 3.64. The number of nitrogens with one attached hydrogen (secondary N) is 1. The Labute approximate surface area is 115 Å². The lowest BCUT2D eigenvalue weighted by Crippen LogP contribution is -2.43. The lowest BCUT2D eigenvalue weighted by molar-refractivity contribution is 0.246. The molecule has 1 N–H and O–H groups in total. The van der Waals surface area contributed by atoms with E-state index in [2.05, 4.69) is 10.3 Å². The third kappa shape index (κ3) is 2.90. The lowest BCUT2D eigenvalue weighted by atomic mass is 10.0. The number of rotatable bonds is 4. The van der Waals surface area contributed by atoms with E-state index in [4.69, 9.17) is 0 Å². The van der Waals surface area contributed by atoms with Gasteiger partial charge in [-0.1, -0.05) is 13.3 Å². The molecule has 1 atom stereocenters. The zero-order valence-corrected chi connectivity index (χ0v) is 12.3. The molecule has 0 spiro atoms. The first-order valence-corrected chi connectivity index (χ1v) is 8.19. The Morgan fingerprint density at radius 1 is 1.42 bits per heavy atom. The summed E-state index contributed by atoms with van der Waals surface area (Å²) in [6, 6.07) is 3.44. The van der Waals surface area contributed by atoms with Crippen molar-refractivity contribution in [3.05, 3.63) is 18.3 Å². The zero-order chi connectivity index (χ0) is 13.9. The summed E-state index contributed by atoms with van der Waals surface area (Å²) in [6.45, 7) is 2.66. The molecule has 1 aromatic rings. The predicted octanol–water partition coefficient (Wildman–Crippen LogP) is 2.08. The highest BCUT2D eigenvalue weighted by molar-refractivity contribution is 7.89. The number of aromatic nitrogens is 1. The topological polar surface area (TPSA) is 62.3 Å². The van der Waals surface area contributed by atoms with Gasteiger partial charge in [0.2, 0.25) is 10.0 Å². The van der Waals surface area contributed by atoms with Crippen LogP contribution in [-0.4, -0.2) is 37.3 Å². The van der Waals surface area contributed by atoms with E-state index >= 15 is 0 Å². The van der Waals surface area contributed by atoms with E-state index in [9.17, 15) is 8.42 Å². The van der Waals surface area contributed by atoms with Crippen LogP contribution in [-0.2, 0) is 10.0 Å². The fourth-order valence-corrected chi connectivity index (χ4v) is 4.23. The standard InChI is InChI=1S/C13H21N3O2S/c1-3-11-6-4-5-9-16(11)19(17,18)12-7-8-13(14-2)15-10-12/h7-8,10-11H,3-6,9H2,1-2H3,(H,14,15). The van der Waals surface area contributed by atoms with Crippen LogP contribution >= 0.6 is 0 Å². The highest BCUT2D eigenvalue weighted by Gasteiger charge is 2.32. The van der Waals surface area contributed by atoms with E-state index < -0.39 is 10.0 Å². The van der Waals surface area contributed by atoms with Gasteiger partial charge in [-0.15, -0.1) is 0 Å². The Bertz CT molecular complexity index is 513. The average molecular weight is 283 g/mol. The van der Waals surface area contributed by atoms with E-state index in [-0.39, 0.29) is 10.9 Å². The number of anilines is 1. The van der Waals surface area contributed by atoms with Crippen molar-refractivity contribution in [2.45, 2.75) is 43.5 Å². The van der Waals surface area contributed by atoms with Crippen molar-refractivity contribution in [1.29, 1.82) is 0 Å². The molecule has 1 fully saturated rings. The molecule has 6 heteroatoms. The maximum absolute atomic E-state index is 12.6. The summed E-state index contributed by atoms with van der Waals surface area (Å²) in [5.41, 5.74) is 0. The molecule has 0 radical (unpaired) electrons. The number of sulfonamides is 1. The molecule has 0 bridgehead atoms. The van der Waals surface area contributed by atoms with Gasteiger partial charge < -0.3 is 5.32 Å².